The Morgan fingerprint density at radius 3 is 2.47 bits per heavy atom. The lowest BCUT2D eigenvalue weighted by molar-refractivity contribution is 0.250. The van der Waals surface area contributed by atoms with Crippen LogP contribution in [0.5, 0.6) is 11.5 Å². The number of likely N-dealkylation sites (tertiary alicyclic amines) is 1. The molecule has 1 saturated heterocycles. The Kier molecular flexibility index (Phi) is 4.91. The summed E-state index contributed by atoms with van der Waals surface area (Å²) in [7, 11) is 3.20. The zero-order valence-corrected chi connectivity index (χ0v) is 12.2. The third-order valence-corrected chi connectivity index (χ3v) is 4.07. The van der Waals surface area contributed by atoms with Crippen molar-refractivity contribution < 1.29 is 9.47 Å². The first-order valence-corrected chi connectivity index (χ1v) is 6.95. The van der Waals surface area contributed by atoms with Gasteiger partial charge >= 0.3 is 0 Å². The summed E-state index contributed by atoms with van der Waals surface area (Å²) in [6, 6.07) is 4.02. The number of hydrogen-bond donors (Lipinski definition) is 1. The molecule has 0 spiro atoms. The van der Waals surface area contributed by atoms with E-state index in [0.717, 1.165) is 18.7 Å². The number of rotatable bonds is 5. The molecule has 1 heterocycles. The van der Waals surface area contributed by atoms with E-state index in [1.807, 2.05) is 12.1 Å². The molecule has 0 radical (unpaired) electrons. The van der Waals surface area contributed by atoms with Crippen LogP contribution in [0.25, 0.3) is 0 Å². The van der Waals surface area contributed by atoms with E-state index in [2.05, 4.69) is 4.90 Å². The summed E-state index contributed by atoms with van der Waals surface area (Å²) in [5, 5.41) is 0.601. The normalized spacial score (nSPS) is 17.5. The van der Waals surface area contributed by atoms with Gasteiger partial charge in [-0.25, -0.2) is 0 Å². The third kappa shape index (κ3) is 2.81. The van der Waals surface area contributed by atoms with Gasteiger partial charge in [0.25, 0.3) is 0 Å². The van der Waals surface area contributed by atoms with Crippen molar-refractivity contribution in [2.24, 2.45) is 5.73 Å². The van der Waals surface area contributed by atoms with Gasteiger partial charge in [-0.05, 0) is 37.6 Å². The van der Waals surface area contributed by atoms with Gasteiger partial charge in [0.1, 0.15) is 0 Å². The molecule has 1 atom stereocenters. The zero-order chi connectivity index (χ0) is 13.8. The molecule has 1 aliphatic heterocycles. The molecule has 0 aliphatic carbocycles. The van der Waals surface area contributed by atoms with Gasteiger partial charge in [0.2, 0.25) is 0 Å². The maximum Gasteiger partial charge on any atom is 0.179 e. The van der Waals surface area contributed by atoms with Gasteiger partial charge in [-0.2, -0.15) is 0 Å². The van der Waals surface area contributed by atoms with Crippen LogP contribution in [-0.2, 0) is 0 Å². The van der Waals surface area contributed by atoms with E-state index in [1.165, 1.54) is 12.8 Å². The van der Waals surface area contributed by atoms with Crippen LogP contribution in [0.2, 0.25) is 5.02 Å². The van der Waals surface area contributed by atoms with Crippen molar-refractivity contribution in [1.82, 2.24) is 4.90 Å². The highest BCUT2D eigenvalue weighted by Gasteiger charge is 2.26. The number of hydrogen-bond acceptors (Lipinski definition) is 4. The molecule has 106 valence electrons. The van der Waals surface area contributed by atoms with E-state index in [1.54, 1.807) is 14.2 Å². The predicted octanol–water partition coefficient (Wildman–Crippen LogP) is 2.45. The van der Waals surface area contributed by atoms with Crippen LogP contribution in [0.15, 0.2) is 12.1 Å². The summed E-state index contributed by atoms with van der Waals surface area (Å²) in [5.41, 5.74) is 6.96. The Morgan fingerprint density at radius 2 is 1.95 bits per heavy atom. The molecule has 2 rings (SSSR count). The van der Waals surface area contributed by atoms with Gasteiger partial charge in [0.15, 0.2) is 11.5 Å². The van der Waals surface area contributed by atoms with Crippen LogP contribution in [-0.4, -0.2) is 38.8 Å². The van der Waals surface area contributed by atoms with E-state index in [4.69, 9.17) is 26.8 Å². The van der Waals surface area contributed by atoms with Crippen molar-refractivity contribution in [3.05, 3.63) is 22.7 Å². The van der Waals surface area contributed by atoms with Gasteiger partial charge in [0.05, 0.1) is 19.2 Å². The molecule has 19 heavy (non-hydrogen) atoms. The predicted molar refractivity (Wildman–Crippen MR) is 77.2 cm³/mol. The average Bonchev–Trinajstić information content (AvgIpc) is 2.95. The summed E-state index contributed by atoms with van der Waals surface area (Å²) >= 11 is 6.46. The number of halogens is 1. The molecule has 5 heteroatoms. The molecule has 4 nitrogen and oxygen atoms in total. The van der Waals surface area contributed by atoms with Crippen molar-refractivity contribution in [3.63, 3.8) is 0 Å². The minimum Gasteiger partial charge on any atom is -0.493 e. The lowest BCUT2D eigenvalue weighted by Crippen LogP contribution is -2.31. The number of methoxy groups -OCH3 is 2. The number of nitrogens with two attached hydrogens (primary N) is 1. The van der Waals surface area contributed by atoms with Crippen molar-refractivity contribution in [2.75, 3.05) is 33.9 Å². The van der Waals surface area contributed by atoms with Crippen LogP contribution in [0.3, 0.4) is 0 Å². The topological polar surface area (TPSA) is 47.7 Å². The summed E-state index contributed by atoms with van der Waals surface area (Å²) in [6.07, 6.45) is 2.45. The van der Waals surface area contributed by atoms with Crippen molar-refractivity contribution in [3.8, 4) is 11.5 Å². The fourth-order valence-electron chi connectivity index (χ4n) is 2.69. The molecule has 1 aromatic rings. The van der Waals surface area contributed by atoms with Crippen LogP contribution in [0.1, 0.15) is 24.4 Å². The molecule has 1 unspecified atom stereocenters. The highest BCUT2D eigenvalue weighted by molar-refractivity contribution is 6.33. The molecule has 1 fully saturated rings. The van der Waals surface area contributed by atoms with Gasteiger partial charge in [-0.1, -0.05) is 17.7 Å². The smallest absolute Gasteiger partial charge is 0.179 e. The van der Waals surface area contributed by atoms with Crippen LogP contribution >= 0.6 is 11.6 Å². The Hall–Kier alpha value is -0.970. The fraction of sp³-hybridized carbons (Fsp3) is 0.571. The molecule has 1 aliphatic rings. The van der Waals surface area contributed by atoms with Gasteiger partial charge < -0.3 is 15.2 Å². The van der Waals surface area contributed by atoms with Crippen LogP contribution in [0.4, 0.5) is 0 Å². The van der Waals surface area contributed by atoms with Crippen LogP contribution < -0.4 is 15.2 Å². The molecule has 0 saturated carbocycles. The summed E-state index contributed by atoms with van der Waals surface area (Å²) in [5.74, 6) is 1.23. The average molecular weight is 285 g/mol. The maximum atomic E-state index is 6.46. The number of ether oxygens (including phenoxy) is 2. The highest BCUT2D eigenvalue weighted by Crippen LogP contribution is 2.41. The molecule has 0 amide bonds. The van der Waals surface area contributed by atoms with Crippen molar-refractivity contribution in [1.29, 1.82) is 0 Å². The summed E-state index contributed by atoms with van der Waals surface area (Å²) in [4.78, 5) is 2.38. The second-order valence-corrected chi connectivity index (χ2v) is 5.08. The van der Waals surface area contributed by atoms with Gasteiger partial charge in [0, 0.05) is 12.6 Å². The van der Waals surface area contributed by atoms with Gasteiger partial charge in [-0.3, -0.25) is 4.90 Å². The fourth-order valence-corrected chi connectivity index (χ4v) is 3.05. The lowest BCUT2D eigenvalue weighted by atomic mass is 10.0. The first-order chi connectivity index (χ1) is 9.22. The molecule has 0 bridgehead atoms. The largest absolute Gasteiger partial charge is 0.493 e. The molecule has 1 aromatic carbocycles. The SMILES string of the molecule is COc1ccc(C(CN)N2CCCC2)c(Cl)c1OC. The quantitative estimate of drug-likeness (QED) is 0.902. The Bertz CT molecular complexity index is 434. The standard InChI is InChI=1S/C14H21ClN2O2/c1-18-12-6-5-10(13(15)14(12)19-2)11(9-16)17-7-3-4-8-17/h5-6,11H,3-4,7-9,16H2,1-2H3. The van der Waals surface area contributed by atoms with Crippen LogP contribution in [0, 0.1) is 0 Å². The van der Waals surface area contributed by atoms with E-state index in [0.29, 0.717) is 23.1 Å². The second-order valence-electron chi connectivity index (χ2n) is 4.70. The summed E-state index contributed by atoms with van der Waals surface area (Å²) < 4.78 is 10.6. The highest BCUT2D eigenvalue weighted by atomic mass is 35.5. The van der Waals surface area contributed by atoms with E-state index in [9.17, 15) is 0 Å². The first kappa shape index (κ1) is 14.4. The Morgan fingerprint density at radius 1 is 1.26 bits per heavy atom. The number of nitrogens with zero attached hydrogens (tertiary/aromatic N) is 1. The lowest BCUT2D eigenvalue weighted by Gasteiger charge is -2.28. The van der Waals surface area contributed by atoms with Gasteiger partial charge in [-0.15, -0.1) is 0 Å². The monoisotopic (exact) mass is 284 g/mol. The van der Waals surface area contributed by atoms with Crippen molar-refractivity contribution in [2.45, 2.75) is 18.9 Å². The molecular formula is C14H21ClN2O2. The Balaban J connectivity index is 2.37. The second kappa shape index (κ2) is 6.46. The third-order valence-electron chi connectivity index (χ3n) is 3.68. The van der Waals surface area contributed by atoms with Crippen molar-refractivity contribution >= 4 is 11.6 Å². The first-order valence-electron chi connectivity index (χ1n) is 6.57. The van der Waals surface area contributed by atoms with E-state index in [-0.39, 0.29) is 6.04 Å². The maximum absolute atomic E-state index is 6.46. The molecular weight excluding hydrogens is 264 g/mol. The Labute approximate surface area is 119 Å². The summed E-state index contributed by atoms with van der Waals surface area (Å²) in [6.45, 7) is 2.70. The van der Waals surface area contributed by atoms with E-state index < -0.39 is 0 Å². The zero-order valence-electron chi connectivity index (χ0n) is 11.5. The van der Waals surface area contributed by atoms with E-state index >= 15 is 0 Å². The molecule has 2 N–H and O–H groups in total. The number of benzene rings is 1. The molecule has 0 aromatic heterocycles. The minimum atomic E-state index is 0.148. The minimum absolute atomic E-state index is 0.148.